The zero-order valence-electron chi connectivity index (χ0n) is 13.7. The van der Waals surface area contributed by atoms with Gasteiger partial charge in [-0.05, 0) is 56.6 Å². The van der Waals surface area contributed by atoms with Gasteiger partial charge in [0.25, 0.3) is 0 Å². The summed E-state index contributed by atoms with van der Waals surface area (Å²) in [5.74, 6) is 1.84. The number of ether oxygens (including phenoxy) is 2. The van der Waals surface area contributed by atoms with Gasteiger partial charge in [0.15, 0.2) is 0 Å². The first-order chi connectivity index (χ1) is 10.3. The summed E-state index contributed by atoms with van der Waals surface area (Å²) in [6, 6.07) is 6.00. The average Bonchev–Trinajstić information content (AvgIpc) is 2.48. The molecule has 0 aliphatic rings. The minimum Gasteiger partial charge on any atom is -0.492 e. The van der Waals surface area contributed by atoms with E-state index in [1.807, 2.05) is 18.2 Å². The molecule has 120 valence electrons. The van der Waals surface area contributed by atoms with Crippen LogP contribution in [0.3, 0.4) is 0 Å². The quantitative estimate of drug-likeness (QED) is 0.582. The van der Waals surface area contributed by atoms with Gasteiger partial charge in [0.05, 0.1) is 0 Å². The lowest BCUT2D eigenvalue weighted by molar-refractivity contribution is 0.304. The van der Waals surface area contributed by atoms with Crippen molar-refractivity contribution in [2.75, 3.05) is 39.4 Å². The van der Waals surface area contributed by atoms with Gasteiger partial charge in [-0.25, -0.2) is 0 Å². The largest absolute Gasteiger partial charge is 0.492 e. The normalized spacial score (nSPS) is 10.6. The summed E-state index contributed by atoms with van der Waals surface area (Å²) >= 11 is 0. The second-order valence-corrected chi connectivity index (χ2v) is 5.12. The van der Waals surface area contributed by atoms with Gasteiger partial charge in [-0.2, -0.15) is 0 Å². The number of nitrogens with one attached hydrogen (secondary N) is 2. The minimum absolute atomic E-state index is 0.695. The number of hydrogen-bond donors (Lipinski definition) is 2. The van der Waals surface area contributed by atoms with E-state index in [2.05, 4.69) is 31.4 Å². The van der Waals surface area contributed by atoms with E-state index in [1.165, 1.54) is 0 Å². The van der Waals surface area contributed by atoms with E-state index in [0.717, 1.165) is 56.1 Å². The standard InChI is InChI=1S/C17H30N2O2/c1-4-8-18-10-12-20-16-6-7-17(15(3)14-16)21-13-11-19-9-5-2/h6-7,14,18-19H,4-5,8-13H2,1-3H3. The van der Waals surface area contributed by atoms with Crippen LogP contribution in [0.15, 0.2) is 18.2 Å². The predicted octanol–water partition coefficient (Wildman–Crippen LogP) is 2.75. The Morgan fingerprint density at radius 3 is 2.05 bits per heavy atom. The molecule has 0 aliphatic carbocycles. The van der Waals surface area contributed by atoms with E-state index in [-0.39, 0.29) is 0 Å². The van der Waals surface area contributed by atoms with E-state index in [9.17, 15) is 0 Å². The molecule has 0 atom stereocenters. The van der Waals surface area contributed by atoms with Crippen LogP contribution in [0.5, 0.6) is 11.5 Å². The van der Waals surface area contributed by atoms with Crippen molar-refractivity contribution in [3.05, 3.63) is 23.8 Å². The fourth-order valence-corrected chi connectivity index (χ4v) is 1.95. The molecule has 1 rings (SSSR count). The smallest absolute Gasteiger partial charge is 0.122 e. The molecule has 0 unspecified atom stereocenters. The van der Waals surface area contributed by atoms with E-state index in [4.69, 9.17) is 9.47 Å². The van der Waals surface area contributed by atoms with Crippen molar-refractivity contribution in [2.45, 2.75) is 33.6 Å². The molecule has 0 bridgehead atoms. The van der Waals surface area contributed by atoms with Crippen LogP contribution in [0.2, 0.25) is 0 Å². The first kappa shape index (κ1) is 17.8. The van der Waals surface area contributed by atoms with Crippen molar-refractivity contribution in [1.29, 1.82) is 0 Å². The van der Waals surface area contributed by atoms with Crippen LogP contribution in [0.1, 0.15) is 32.3 Å². The highest BCUT2D eigenvalue weighted by Gasteiger charge is 2.02. The Hall–Kier alpha value is -1.26. The lowest BCUT2D eigenvalue weighted by Gasteiger charge is -2.12. The molecule has 4 heteroatoms. The van der Waals surface area contributed by atoms with Crippen LogP contribution in [0.4, 0.5) is 0 Å². The van der Waals surface area contributed by atoms with Crippen molar-refractivity contribution < 1.29 is 9.47 Å². The lowest BCUT2D eigenvalue weighted by Crippen LogP contribution is -2.22. The van der Waals surface area contributed by atoms with Crippen LogP contribution in [-0.2, 0) is 0 Å². The Labute approximate surface area is 129 Å². The number of benzene rings is 1. The SMILES string of the molecule is CCCNCCOc1ccc(OCCNCCC)c(C)c1. The lowest BCUT2D eigenvalue weighted by atomic mass is 10.2. The summed E-state index contributed by atoms with van der Waals surface area (Å²) in [5.41, 5.74) is 1.12. The van der Waals surface area contributed by atoms with Gasteiger partial charge in [0.1, 0.15) is 24.7 Å². The van der Waals surface area contributed by atoms with E-state index >= 15 is 0 Å². The average molecular weight is 294 g/mol. The third kappa shape index (κ3) is 7.93. The number of rotatable bonds is 12. The minimum atomic E-state index is 0.695. The molecular weight excluding hydrogens is 264 g/mol. The predicted molar refractivity (Wildman–Crippen MR) is 88.5 cm³/mol. The maximum Gasteiger partial charge on any atom is 0.122 e. The third-order valence-corrected chi connectivity index (χ3v) is 3.08. The summed E-state index contributed by atoms with van der Waals surface area (Å²) in [6.45, 7) is 11.6. The van der Waals surface area contributed by atoms with Gasteiger partial charge in [-0.3, -0.25) is 0 Å². The Morgan fingerprint density at radius 1 is 0.857 bits per heavy atom. The van der Waals surface area contributed by atoms with E-state index in [1.54, 1.807) is 0 Å². The second-order valence-electron chi connectivity index (χ2n) is 5.12. The molecule has 4 nitrogen and oxygen atoms in total. The van der Waals surface area contributed by atoms with Crippen molar-refractivity contribution in [3.8, 4) is 11.5 Å². The molecule has 0 saturated carbocycles. The maximum absolute atomic E-state index is 5.77. The fourth-order valence-electron chi connectivity index (χ4n) is 1.95. The highest BCUT2D eigenvalue weighted by atomic mass is 16.5. The van der Waals surface area contributed by atoms with E-state index < -0.39 is 0 Å². The molecule has 0 radical (unpaired) electrons. The molecule has 0 aromatic heterocycles. The zero-order chi connectivity index (χ0) is 15.3. The summed E-state index contributed by atoms with van der Waals surface area (Å²) in [4.78, 5) is 0. The van der Waals surface area contributed by atoms with Gasteiger partial charge in [-0.15, -0.1) is 0 Å². The van der Waals surface area contributed by atoms with Crippen molar-refractivity contribution in [2.24, 2.45) is 0 Å². The molecular formula is C17H30N2O2. The molecule has 0 saturated heterocycles. The van der Waals surface area contributed by atoms with E-state index in [0.29, 0.717) is 13.2 Å². The second kappa shape index (κ2) is 11.4. The van der Waals surface area contributed by atoms with Crippen molar-refractivity contribution in [3.63, 3.8) is 0 Å². The highest BCUT2D eigenvalue weighted by molar-refractivity contribution is 5.39. The molecule has 0 heterocycles. The van der Waals surface area contributed by atoms with Gasteiger partial charge >= 0.3 is 0 Å². The van der Waals surface area contributed by atoms with Crippen LogP contribution >= 0.6 is 0 Å². The van der Waals surface area contributed by atoms with Gasteiger partial charge in [0.2, 0.25) is 0 Å². The summed E-state index contributed by atoms with van der Waals surface area (Å²) in [6.07, 6.45) is 2.30. The summed E-state index contributed by atoms with van der Waals surface area (Å²) in [5, 5.41) is 6.64. The monoisotopic (exact) mass is 294 g/mol. The Bertz CT molecular complexity index is 383. The molecule has 0 aliphatic heterocycles. The maximum atomic E-state index is 5.77. The molecule has 0 spiro atoms. The number of aryl methyl sites for hydroxylation is 1. The van der Waals surface area contributed by atoms with Crippen molar-refractivity contribution in [1.82, 2.24) is 10.6 Å². The molecule has 0 fully saturated rings. The first-order valence-electron chi connectivity index (χ1n) is 8.05. The Balaban J connectivity index is 2.27. The molecule has 0 amide bonds. The highest BCUT2D eigenvalue weighted by Crippen LogP contribution is 2.23. The molecule has 1 aromatic rings. The fraction of sp³-hybridized carbons (Fsp3) is 0.647. The molecule has 2 N–H and O–H groups in total. The van der Waals surface area contributed by atoms with Crippen LogP contribution in [-0.4, -0.2) is 39.4 Å². The first-order valence-corrected chi connectivity index (χ1v) is 8.05. The number of hydrogen-bond acceptors (Lipinski definition) is 4. The van der Waals surface area contributed by atoms with Crippen LogP contribution in [0.25, 0.3) is 0 Å². The Morgan fingerprint density at radius 2 is 1.48 bits per heavy atom. The van der Waals surface area contributed by atoms with Crippen molar-refractivity contribution >= 4 is 0 Å². The van der Waals surface area contributed by atoms with Gasteiger partial charge < -0.3 is 20.1 Å². The topological polar surface area (TPSA) is 42.5 Å². The third-order valence-electron chi connectivity index (χ3n) is 3.08. The summed E-state index contributed by atoms with van der Waals surface area (Å²) < 4.78 is 11.5. The van der Waals surface area contributed by atoms with Gasteiger partial charge in [0, 0.05) is 13.1 Å². The summed E-state index contributed by atoms with van der Waals surface area (Å²) in [7, 11) is 0. The molecule has 1 aromatic carbocycles. The Kier molecular flexibility index (Phi) is 9.66. The zero-order valence-corrected chi connectivity index (χ0v) is 13.7. The van der Waals surface area contributed by atoms with Crippen LogP contribution in [0, 0.1) is 6.92 Å². The molecule has 21 heavy (non-hydrogen) atoms. The van der Waals surface area contributed by atoms with Gasteiger partial charge in [-0.1, -0.05) is 13.8 Å². The van der Waals surface area contributed by atoms with Crippen LogP contribution < -0.4 is 20.1 Å².